The third-order valence-electron chi connectivity index (χ3n) is 12.4. The second-order valence-electron chi connectivity index (χ2n) is 15.1. The summed E-state index contributed by atoms with van der Waals surface area (Å²) in [6, 6.07) is 24.9. The number of aliphatic hydroxyl groups is 1. The first kappa shape index (κ1) is 31.0. The van der Waals surface area contributed by atoms with Crippen LogP contribution in [0.2, 0.25) is 0 Å². The first-order chi connectivity index (χ1) is 23.0. The van der Waals surface area contributed by atoms with Crippen molar-refractivity contribution < 1.29 is 19.7 Å². The Labute approximate surface area is 279 Å². The predicted molar refractivity (Wildman–Crippen MR) is 184 cm³/mol. The summed E-state index contributed by atoms with van der Waals surface area (Å²) in [5, 5.41) is 24.1. The lowest BCUT2D eigenvalue weighted by Gasteiger charge is -2.65. The molecule has 6 heteroatoms. The summed E-state index contributed by atoms with van der Waals surface area (Å²) in [5.74, 6) is 1.67. The molecule has 2 N–H and O–H groups in total. The average Bonchev–Trinajstić information content (AvgIpc) is 3.83. The lowest BCUT2D eigenvalue weighted by atomic mass is 9.48. The maximum atomic E-state index is 14.3. The van der Waals surface area contributed by atoms with Gasteiger partial charge in [0.05, 0.1) is 17.1 Å². The maximum Gasteiger partial charge on any atom is 0.222 e. The van der Waals surface area contributed by atoms with Crippen molar-refractivity contribution in [3.63, 3.8) is 0 Å². The number of benzene rings is 3. The molecule has 1 amide bonds. The molecule has 8 rings (SSSR count). The Balaban J connectivity index is 1.06. The van der Waals surface area contributed by atoms with Crippen LogP contribution in [-0.2, 0) is 29.5 Å². The topological polar surface area (TPSA) is 73.2 Å². The Morgan fingerprint density at radius 3 is 2.32 bits per heavy atom. The van der Waals surface area contributed by atoms with Gasteiger partial charge in [-0.3, -0.25) is 9.69 Å². The van der Waals surface area contributed by atoms with Crippen molar-refractivity contribution in [2.75, 3.05) is 19.6 Å². The van der Waals surface area contributed by atoms with Gasteiger partial charge in [-0.25, -0.2) is 0 Å². The number of phenolic OH excluding ortho intramolecular Hbond substituents is 1. The molecule has 0 aromatic heterocycles. The molecule has 3 aromatic rings. The minimum atomic E-state index is -0.941. The van der Waals surface area contributed by atoms with E-state index in [9.17, 15) is 15.0 Å². The van der Waals surface area contributed by atoms with E-state index in [4.69, 9.17) is 4.74 Å². The van der Waals surface area contributed by atoms with Crippen LogP contribution in [0.25, 0.3) is 0 Å². The van der Waals surface area contributed by atoms with Gasteiger partial charge in [0.25, 0.3) is 0 Å². The van der Waals surface area contributed by atoms with E-state index in [0.717, 1.165) is 75.9 Å². The van der Waals surface area contributed by atoms with Gasteiger partial charge in [-0.2, -0.15) is 0 Å². The summed E-state index contributed by atoms with van der Waals surface area (Å²) in [5.41, 5.74) is 3.32. The highest BCUT2D eigenvalue weighted by atomic mass is 16.5. The number of amides is 1. The van der Waals surface area contributed by atoms with Crippen molar-refractivity contribution in [2.24, 2.45) is 5.92 Å². The number of rotatable bonds is 13. The molecule has 47 heavy (non-hydrogen) atoms. The number of aromatic hydroxyl groups is 1. The maximum absolute atomic E-state index is 14.3. The van der Waals surface area contributed by atoms with Crippen LogP contribution in [0.4, 0.5) is 0 Å². The molecule has 5 aliphatic rings. The van der Waals surface area contributed by atoms with Crippen LogP contribution >= 0.6 is 0 Å². The lowest BCUT2D eigenvalue weighted by Crippen LogP contribution is -2.78. The number of unbranched alkanes of at least 4 members (excludes halogenated alkanes) is 2. The zero-order valence-corrected chi connectivity index (χ0v) is 27.7. The van der Waals surface area contributed by atoms with Crippen LogP contribution < -0.4 is 4.74 Å². The zero-order valence-electron chi connectivity index (χ0n) is 27.7. The first-order valence-corrected chi connectivity index (χ1v) is 18.3. The Hall–Kier alpha value is -3.35. The third kappa shape index (κ3) is 5.46. The molecule has 5 atom stereocenters. The van der Waals surface area contributed by atoms with Crippen LogP contribution in [-0.4, -0.2) is 69.3 Å². The van der Waals surface area contributed by atoms with Gasteiger partial charge in [0.15, 0.2) is 11.5 Å². The van der Waals surface area contributed by atoms with Crippen LogP contribution in [0.5, 0.6) is 11.5 Å². The van der Waals surface area contributed by atoms with Gasteiger partial charge in [-0.1, -0.05) is 73.2 Å². The largest absolute Gasteiger partial charge is 0.504 e. The van der Waals surface area contributed by atoms with E-state index in [-0.39, 0.29) is 29.8 Å². The van der Waals surface area contributed by atoms with E-state index in [1.54, 1.807) is 6.07 Å². The molecule has 3 aliphatic carbocycles. The molecule has 3 aromatic carbocycles. The SMILES string of the molecule is O=C(CCCCCc1ccccc1)N(CCCc1ccccc1)[C@@H]1CC[C@@]2(O)[C@H]3Cc4ccc(O)c5c4[C@@]2(CCN3CC2CC2)[C@H]1O5. The van der Waals surface area contributed by atoms with E-state index >= 15 is 0 Å². The molecular formula is C41H50N2O4. The van der Waals surface area contributed by atoms with Crippen molar-refractivity contribution in [1.82, 2.24) is 9.80 Å². The molecule has 0 radical (unpaired) electrons. The quantitative estimate of drug-likeness (QED) is 0.208. The summed E-state index contributed by atoms with van der Waals surface area (Å²) >= 11 is 0. The number of carbonyl (C=O) groups excluding carboxylic acids is 1. The summed E-state index contributed by atoms with van der Waals surface area (Å²) in [6.07, 6.45) is 11.5. The number of hydrogen-bond donors (Lipinski definition) is 2. The molecule has 1 spiro atoms. The van der Waals surface area contributed by atoms with E-state index in [1.165, 1.54) is 29.5 Å². The van der Waals surface area contributed by atoms with Gasteiger partial charge >= 0.3 is 0 Å². The predicted octanol–water partition coefficient (Wildman–Crippen LogP) is 6.59. The number of piperidine rings is 1. The number of aryl methyl sites for hydroxylation is 2. The summed E-state index contributed by atoms with van der Waals surface area (Å²) in [4.78, 5) is 19.0. The third-order valence-corrected chi connectivity index (χ3v) is 12.4. The fraction of sp³-hybridized carbons (Fsp3) is 0.537. The highest BCUT2D eigenvalue weighted by molar-refractivity contribution is 5.77. The number of nitrogens with zero attached hydrogens (tertiary/aromatic N) is 2. The molecular weight excluding hydrogens is 584 g/mol. The standard InChI is InChI=1S/C41H50N2O4/c44-34-21-20-32-27-35-41(46)23-22-33(39-40(41,37(32)38(34)47-39)24-26-42(35)28-31-18-19-31)43(25-10-16-30-14-6-2-7-15-30)36(45)17-9-3-8-13-29-11-4-1-5-12-29/h1-2,4-7,11-12,14-15,20-21,31,33,35,39,44,46H,3,8-10,13,16-19,22-28H2/t33-,35-,39+,40+,41-/m1/s1. The number of phenols is 1. The van der Waals surface area contributed by atoms with Gasteiger partial charge in [0.2, 0.25) is 5.91 Å². The molecule has 2 bridgehead atoms. The van der Waals surface area contributed by atoms with Gasteiger partial charge in [0, 0.05) is 31.1 Å². The van der Waals surface area contributed by atoms with E-state index in [1.807, 2.05) is 6.07 Å². The van der Waals surface area contributed by atoms with E-state index < -0.39 is 11.0 Å². The minimum absolute atomic E-state index is 0.0405. The number of ether oxygens (including phenoxy) is 1. The summed E-state index contributed by atoms with van der Waals surface area (Å²) in [6.45, 7) is 2.66. The Morgan fingerprint density at radius 1 is 0.872 bits per heavy atom. The van der Waals surface area contributed by atoms with Crippen molar-refractivity contribution in [2.45, 2.75) is 113 Å². The molecule has 2 heterocycles. The fourth-order valence-corrected chi connectivity index (χ4v) is 9.92. The van der Waals surface area contributed by atoms with Crippen molar-refractivity contribution in [3.05, 3.63) is 95.1 Å². The molecule has 0 unspecified atom stereocenters. The molecule has 3 fully saturated rings. The summed E-state index contributed by atoms with van der Waals surface area (Å²) < 4.78 is 6.88. The minimum Gasteiger partial charge on any atom is -0.504 e. The molecule has 2 aliphatic heterocycles. The monoisotopic (exact) mass is 634 g/mol. The Morgan fingerprint density at radius 2 is 1.60 bits per heavy atom. The average molecular weight is 635 g/mol. The van der Waals surface area contributed by atoms with Crippen LogP contribution in [0.3, 0.4) is 0 Å². The van der Waals surface area contributed by atoms with Crippen LogP contribution in [0.15, 0.2) is 72.8 Å². The van der Waals surface area contributed by atoms with Crippen molar-refractivity contribution in [1.29, 1.82) is 0 Å². The molecule has 1 saturated heterocycles. The highest BCUT2D eigenvalue weighted by Gasteiger charge is 2.73. The number of carbonyl (C=O) groups is 1. The second kappa shape index (κ2) is 12.6. The van der Waals surface area contributed by atoms with Gasteiger partial charge in [-0.05, 0) is 106 Å². The molecule has 6 nitrogen and oxygen atoms in total. The second-order valence-corrected chi connectivity index (χ2v) is 15.1. The highest BCUT2D eigenvalue weighted by Crippen LogP contribution is 2.66. The zero-order chi connectivity index (χ0) is 32.0. The normalized spacial score (nSPS) is 28.8. The van der Waals surface area contributed by atoms with Crippen molar-refractivity contribution in [3.8, 4) is 11.5 Å². The Bertz CT molecular complexity index is 1580. The Kier molecular flexibility index (Phi) is 8.29. The van der Waals surface area contributed by atoms with Crippen LogP contribution in [0.1, 0.15) is 86.5 Å². The van der Waals surface area contributed by atoms with Gasteiger partial charge in [-0.15, -0.1) is 0 Å². The van der Waals surface area contributed by atoms with Gasteiger partial charge < -0.3 is 19.8 Å². The smallest absolute Gasteiger partial charge is 0.222 e. The summed E-state index contributed by atoms with van der Waals surface area (Å²) in [7, 11) is 0. The number of hydrogen-bond acceptors (Lipinski definition) is 5. The molecule has 248 valence electrons. The van der Waals surface area contributed by atoms with Crippen LogP contribution in [0, 0.1) is 5.92 Å². The first-order valence-electron chi connectivity index (χ1n) is 18.3. The van der Waals surface area contributed by atoms with E-state index in [2.05, 4.69) is 70.5 Å². The van der Waals surface area contributed by atoms with E-state index in [0.29, 0.717) is 31.6 Å². The molecule has 2 saturated carbocycles. The number of likely N-dealkylation sites (tertiary alicyclic amines) is 1. The lowest BCUT2D eigenvalue weighted by molar-refractivity contribution is -0.202. The fourth-order valence-electron chi connectivity index (χ4n) is 9.92. The van der Waals surface area contributed by atoms with Gasteiger partial charge in [0.1, 0.15) is 6.10 Å². The van der Waals surface area contributed by atoms with Crippen molar-refractivity contribution >= 4 is 5.91 Å².